The van der Waals surface area contributed by atoms with Gasteiger partial charge < -0.3 is 114 Å². The highest BCUT2D eigenvalue weighted by Crippen LogP contribution is 2.44. The Bertz CT molecular complexity index is 1610. The maximum absolute atomic E-state index is 12.7. The van der Waals surface area contributed by atoms with Crippen LogP contribution in [0.5, 0.6) is 0 Å². The van der Waals surface area contributed by atoms with Gasteiger partial charge in [-0.1, -0.05) is 6.08 Å². The van der Waals surface area contributed by atoms with Crippen LogP contribution in [0.1, 0.15) is 58.3 Å². The summed E-state index contributed by atoms with van der Waals surface area (Å²) < 4.78 is 57.9. The highest BCUT2D eigenvalue weighted by Gasteiger charge is 2.58. The van der Waals surface area contributed by atoms with Gasteiger partial charge in [-0.3, -0.25) is 0 Å². The Balaban J connectivity index is 1.04. The number of carbonyl (C=O) groups excluding carboxylic acids is 1. The second-order valence-corrected chi connectivity index (χ2v) is 19.6. The molecule has 7 fully saturated rings. The summed E-state index contributed by atoms with van der Waals surface area (Å²) >= 11 is 0. The summed E-state index contributed by atoms with van der Waals surface area (Å²) in [6, 6.07) is 0. The molecule has 68 heavy (non-hydrogen) atoms. The molecule has 0 bridgehead atoms. The molecule has 4 saturated heterocycles. The van der Waals surface area contributed by atoms with Crippen LogP contribution in [0.4, 0.5) is 0 Å². The van der Waals surface area contributed by atoms with Gasteiger partial charge in [-0.25, -0.2) is 4.79 Å². The van der Waals surface area contributed by atoms with Crippen molar-refractivity contribution in [2.75, 3.05) is 27.4 Å². The van der Waals surface area contributed by atoms with Crippen LogP contribution in [0.15, 0.2) is 12.2 Å². The van der Waals surface area contributed by atoms with E-state index >= 15 is 0 Å². The lowest BCUT2D eigenvalue weighted by molar-refractivity contribution is -0.371. The number of aliphatic hydroxyl groups is 15. The molecule has 4 heterocycles. The normalized spacial score (nSPS) is 51.5. The summed E-state index contributed by atoms with van der Waals surface area (Å²) in [5.41, 5.74) is 0. The molecule has 4 aliphatic heterocycles. The minimum absolute atomic E-state index is 0.0321. The average molecular weight is 986 g/mol. The van der Waals surface area contributed by atoms with E-state index in [1.807, 2.05) is 0 Å². The molecule has 3 saturated carbocycles. The molecule has 0 amide bonds. The van der Waals surface area contributed by atoms with Crippen molar-refractivity contribution < 1.29 is 119 Å². The van der Waals surface area contributed by atoms with Gasteiger partial charge in [-0.05, 0) is 51.4 Å². The maximum Gasteiger partial charge on any atom is 0.330 e. The molecule has 24 nitrogen and oxygen atoms in total. The van der Waals surface area contributed by atoms with Crippen molar-refractivity contribution in [1.29, 1.82) is 0 Å². The minimum Gasteiger partial charge on any atom is -0.454 e. The van der Waals surface area contributed by atoms with E-state index in [0.29, 0.717) is 25.7 Å². The molecule has 24 heteroatoms. The number of ether oxygens (including phenoxy) is 10. The smallest absolute Gasteiger partial charge is 0.330 e. The summed E-state index contributed by atoms with van der Waals surface area (Å²) in [5, 5.41) is 139. The third kappa shape index (κ3) is 11.9. The number of hydrogen-bond donors (Lipinski definition) is 13. The molecule has 3 aliphatic carbocycles. The first-order chi connectivity index (χ1) is 32.3. The zero-order chi connectivity index (χ0) is 49.3. The van der Waals surface area contributed by atoms with E-state index < -0.39 is 178 Å². The Morgan fingerprint density at radius 2 is 1.22 bits per heavy atom. The lowest BCUT2D eigenvalue weighted by Gasteiger charge is -2.50. The number of aliphatic hydroxyl groups excluding tert-OH is 13. The van der Waals surface area contributed by atoms with E-state index in [1.165, 1.54) is 21.1 Å². The van der Waals surface area contributed by atoms with E-state index in [1.54, 1.807) is 6.08 Å². The first-order valence-corrected chi connectivity index (χ1v) is 23.6. The van der Waals surface area contributed by atoms with Crippen LogP contribution in [0.25, 0.3) is 0 Å². The van der Waals surface area contributed by atoms with Gasteiger partial charge >= 0.3 is 5.97 Å². The second-order valence-electron chi connectivity index (χ2n) is 19.6. The Hall–Kier alpha value is -1.67. The summed E-state index contributed by atoms with van der Waals surface area (Å²) in [5.74, 6) is -1.97. The van der Waals surface area contributed by atoms with Gasteiger partial charge in [0.25, 0.3) is 0 Å². The molecule has 14 N–H and O–H groups in total. The summed E-state index contributed by atoms with van der Waals surface area (Å²) in [4.78, 5) is 12.7. The molecular formula is C44H73O24+. The fourth-order valence-electron chi connectivity index (χ4n) is 11.0. The van der Waals surface area contributed by atoms with Crippen molar-refractivity contribution in [2.24, 2.45) is 17.8 Å². The first-order valence-electron chi connectivity index (χ1n) is 23.6. The Kier molecular flexibility index (Phi) is 18.7. The quantitative estimate of drug-likeness (QED) is 0.0438. The minimum atomic E-state index is -1.86. The van der Waals surface area contributed by atoms with Crippen molar-refractivity contribution >= 4 is 5.97 Å². The van der Waals surface area contributed by atoms with Crippen molar-refractivity contribution in [2.45, 2.75) is 211 Å². The molecule has 7 aliphatic rings. The van der Waals surface area contributed by atoms with E-state index in [4.69, 9.17) is 47.4 Å². The fourth-order valence-corrected chi connectivity index (χ4v) is 11.0. The van der Waals surface area contributed by atoms with Crippen LogP contribution >= 0.6 is 0 Å². The predicted molar refractivity (Wildman–Crippen MR) is 224 cm³/mol. The molecule has 0 aromatic carbocycles. The van der Waals surface area contributed by atoms with Gasteiger partial charge in [0.05, 0.1) is 61.9 Å². The molecule has 0 aromatic heterocycles. The number of methoxy groups -OCH3 is 2. The maximum atomic E-state index is 12.7. The number of esters is 1. The van der Waals surface area contributed by atoms with Crippen molar-refractivity contribution in [1.82, 2.24) is 0 Å². The van der Waals surface area contributed by atoms with Gasteiger partial charge in [0.2, 0.25) is 0 Å². The van der Waals surface area contributed by atoms with Crippen LogP contribution in [0.2, 0.25) is 0 Å². The molecule has 0 spiro atoms. The molecule has 7 rings (SSSR count). The number of carbonyl (C=O) groups is 1. The lowest BCUT2D eigenvalue weighted by Crippen LogP contribution is -2.65. The molecule has 0 radical (unpaired) electrons. The van der Waals surface area contributed by atoms with Crippen molar-refractivity contribution in [3.8, 4) is 0 Å². The Morgan fingerprint density at radius 3 is 1.84 bits per heavy atom. The van der Waals surface area contributed by atoms with Crippen LogP contribution < -0.4 is 0 Å². The average Bonchev–Trinajstić information content (AvgIpc) is 3.32. The molecule has 392 valence electrons. The van der Waals surface area contributed by atoms with Gasteiger partial charge in [-0.15, -0.1) is 0 Å². The largest absolute Gasteiger partial charge is 0.454 e. The van der Waals surface area contributed by atoms with E-state index in [2.05, 4.69) is 0 Å². The number of rotatable bonds is 14. The fraction of sp³-hybridized carbons (Fsp3) is 0.932. The van der Waals surface area contributed by atoms with Crippen LogP contribution in [-0.4, -0.2) is 258 Å². The van der Waals surface area contributed by atoms with Crippen molar-refractivity contribution in [3.05, 3.63) is 12.2 Å². The monoisotopic (exact) mass is 985 g/mol. The zero-order valence-electron chi connectivity index (χ0n) is 38.2. The standard InChI is InChI=1S/C44H72O24/c1-16-40(68-30(49)7-5-17-4-6-21(47)22(48)8-17)36(55)39(58)42(62-16)61-15-29-33(52)35(54)38(57)44(67-29)65-27-13-20-23(63-41(27)18-9-25(59-2)31(50)26(10-18)60-3)11-19(46)12-24(20)64-43-37(56)34(53)32(51)28(14-45)66-43/h5,7,16-29,31-48,50-58H,4,6,8-15H2,1-3H3/p+1/t16-,17?,18?,19?,20?,21?,22?,23?,24?,25?,26?,27?,28+,29+,31?,32+,33+,34-,35-,36-,37+,38+,39+,40-,41?,42+,43+,44+/m0/s1. The molecular weight excluding hydrogens is 912 g/mol. The SMILES string of the molecule is COC1CC(C2[OH+]C3CC(O)CC(O[C@@H]4O[C@H](CO)[C@@H](O)[C@H](O)[C@H]4O)C3CC2O[C@@H]2O[C@H](CO[C@@H]3O[C@@H](C)[C@H](OC(=O)C=CC4CCC(O)C(O)C4)[C@@H](O)[C@H]3O)[C@@H](O)[C@H](O)[C@H]2O)CC(OC)C1O. The van der Waals surface area contributed by atoms with E-state index in [0.717, 1.165) is 6.08 Å². The highest BCUT2D eigenvalue weighted by atomic mass is 16.7. The molecule has 0 aromatic rings. The zero-order valence-corrected chi connectivity index (χ0v) is 38.2. The topological polar surface area (TPSA) is 376 Å². The van der Waals surface area contributed by atoms with Crippen molar-refractivity contribution in [3.63, 3.8) is 0 Å². The highest BCUT2D eigenvalue weighted by molar-refractivity contribution is 5.82. The Labute approximate surface area is 392 Å². The van der Waals surface area contributed by atoms with Crippen LogP contribution in [0, 0.1) is 17.8 Å². The number of fused-ring (bicyclic) bond motifs is 1. The van der Waals surface area contributed by atoms with E-state index in [-0.39, 0.29) is 37.5 Å². The van der Waals surface area contributed by atoms with Gasteiger partial charge in [0.15, 0.2) is 37.2 Å². The van der Waals surface area contributed by atoms with E-state index in [9.17, 15) is 71.2 Å². The predicted octanol–water partition coefficient (Wildman–Crippen LogP) is -5.92. The van der Waals surface area contributed by atoms with Gasteiger partial charge in [0, 0.05) is 39.1 Å². The van der Waals surface area contributed by atoms with Crippen LogP contribution in [-0.2, 0) is 47.4 Å². The van der Waals surface area contributed by atoms with Crippen LogP contribution in [0.3, 0.4) is 0 Å². The molecule has 26 atom stereocenters. The Morgan fingerprint density at radius 1 is 0.618 bits per heavy atom. The third-order valence-corrected chi connectivity index (χ3v) is 15.1. The third-order valence-electron chi connectivity index (χ3n) is 15.1. The summed E-state index contributed by atoms with van der Waals surface area (Å²) in [6.45, 7) is 0.201. The number of hydrogen-bond acceptors (Lipinski definition) is 23. The number of allylic oxidation sites excluding steroid dienone is 1. The summed E-state index contributed by atoms with van der Waals surface area (Å²) in [6.07, 6.45) is -27.2. The summed E-state index contributed by atoms with van der Waals surface area (Å²) in [7, 11) is 2.91. The van der Waals surface area contributed by atoms with Gasteiger partial charge in [0.1, 0.15) is 73.2 Å². The molecule has 11 unspecified atom stereocenters. The second kappa shape index (κ2) is 23.5. The first kappa shape index (κ1) is 54.1. The van der Waals surface area contributed by atoms with Gasteiger partial charge in [-0.2, -0.15) is 0 Å². The lowest BCUT2D eigenvalue weighted by atomic mass is 9.72.